The van der Waals surface area contributed by atoms with E-state index in [1.807, 2.05) is 0 Å². The third kappa shape index (κ3) is 1.49. The molecule has 4 aliphatic rings. The fraction of sp³-hybridized carbons (Fsp3) is 1.00. The van der Waals surface area contributed by atoms with Gasteiger partial charge in [-0.1, -0.05) is 6.92 Å². The van der Waals surface area contributed by atoms with Crippen LogP contribution in [0.3, 0.4) is 0 Å². The van der Waals surface area contributed by atoms with Crippen LogP contribution in [0.5, 0.6) is 0 Å². The lowest BCUT2D eigenvalue weighted by Crippen LogP contribution is -2.57. The van der Waals surface area contributed by atoms with Gasteiger partial charge in [-0.05, 0) is 55.8 Å². The predicted octanol–water partition coefficient (Wildman–Crippen LogP) is 2.35. The van der Waals surface area contributed by atoms with Gasteiger partial charge in [0.05, 0.1) is 5.60 Å². The number of hydrogen-bond donors (Lipinski definition) is 1. The fourth-order valence-electron chi connectivity index (χ4n) is 4.51. The Bertz CT molecular complexity index is 290. The van der Waals surface area contributed by atoms with Crippen LogP contribution in [0.4, 0.5) is 0 Å². The molecule has 0 radical (unpaired) electrons. The van der Waals surface area contributed by atoms with Gasteiger partial charge < -0.3 is 0 Å². The van der Waals surface area contributed by atoms with Crippen LogP contribution in [0.2, 0.25) is 0 Å². The average molecular weight is 230 g/mol. The minimum atomic E-state index is -2.10. The molecule has 4 heteroatoms. The van der Waals surface area contributed by atoms with Crippen LogP contribution in [-0.4, -0.2) is 14.4 Å². The van der Waals surface area contributed by atoms with Crippen LogP contribution in [0.25, 0.3) is 0 Å². The number of rotatable bonds is 2. The summed E-state index contributed by atoms with van der Waals surface area (Å²) in [5.41, 5.74) is -0.269. The monoisotopic (exact) mass is 230 g/mol. The first-order valence-electron chi connectivity index (χ1n) is 5.89. The smallest absolute Gasteiger partial charge is 0.284 e. The van der Waals surface area contributed by atoms with E-state index < -0.39 is 11.4 Å². The van der Waals surface area contributed by atoms with Gasteiger partial charge in [-0.3, -0.25) is 8.74 Å². The van der Waals surface area contributed by atoms with Crippen LogP contribution < -0.4 is 0 Å². The molecule has 0 saturated heterocycles. The highest BCUT2D eigenvalue weighted by Gasteiger charge is 2.57. The highest BCUT2D eigenvalue weighted by Crippen LogP contribution is 2.59. The van der Waals surface area contributed by atoms with Gasteiger partial charge in [0.25, 0.3) is 0 Å². The summed E-state index contributed by atoms with van der Waals surface area (Å²) in [6.07, 6.45) is 5.98. The first-order valence-corrected chi connectivity index (χ1v) is 6.92. The third-order valence-corrected chi connectivity index (χ3v) is 5.46. The molecular formula is C11H18O3S. The van der Waals surface area contributed by atoms with Gasteiger partial charge in [0.15, 0.2) is 0 Å². The molecular weight excluding hydrogens is 212 g/mol. The van der Waals surface area contributed by atoms with E-state index in [2.05, 4.69) is 6.92 Å². The van der Waals surface area contributed by atoms with Gasteiger partial charge in [0.1, 0.15) is 0 Å². The first-order chi connectivity index (χ1) is 7.09. The highest BCUT2D eigenvalue weighted by atomic mass is 32.2. The van der Waals surface area contributed by atoms with Crippen molar-refractivity contribution in [2.24, 2.45) is 23.7 Å². The van der Waals surface area contributed by atoms with E-state index in [1.165, 1.54) is 19.3 Å². The zero-order valence-corrected chi connectivity index (χ0v) is 9.83. The van der Waals surface area contributed by atoms with Gasteiger partial charge in [-0.25, -0.2) is 0 Å². The summed E-state index contributed by atoms with van der Waals surface area (Å²) >= 11 is -2.10. The molecule has 0 heterocycles. The maximum atomic E-state index is 10.9. The molecule has 0 amide bonds. The average Bonchev–Trinajstić information content (AvgIpc) is 2.11. The van der Waals surface area contributed by atoms with Crippen molar-refractivity contribution in [3.63, 3.8) is 0 Å². The van der Waals surface area contributed by atoms with Crippen LogP contribution in [0.15, 0.2) is 0 Å². The Morgan fingerprint density at radius 1 is 1.27 bits per heavy atom. The van der Waals surface area contributed by atoms with Gasteiger partial charge in [0, 0.05) is 0 Å². The highest BCUT2D eigenvalue weighted by molar-refractivity contribution is 7.74. The molecule has 86 valence electrons. The third-order valence-electron chi connectivity index (χ3n) is 4.98. The van der Waals surface area contributed by atoms with Gasteiger partial charge in [-0.15, -0.1) is 0 Å². The van der Waals surface area contributed by atoms with Gasteiger partial charge in [0.2, 0.25) is 0 Å². The predicted molar refractivity (Wildman–Crippen MR) is 57.3 cm³/mol. The molecule has 4 saturated carbocycles. The van der Waals surface area contributed by atoms with Crippen molar-refractivity contribution in [1.82, 2.24) is 0 Å². The van der Waals surface area contributed by atoms with E-state index in [-0.39, 0.29) is 5.60 Å². The van der Waals surface area contributed by atoms with Crippen LogP contribution >= 0.6 is 0 Å². The molecule has 4 aliphatic carbocycles. The van der Waals surface area contributed by atoms with Crippen molar-refractivity contribution in [2.75, 3.05) is 0 Å². The molecule has 4 unspecified atom stereocenters. The van der Waals surface area contributed by atoms with Gasteiger partial charge >= 0.3 is 11.4 Å². The first kappa shape index (κ1) is 10.2. The van der Waals surface area contributed by atoms with E-state index in [9.17, 15) is 4.21 Å². The number of hydrogen-bond acceptors (Lipinski definition) is 2. The largest absolute Gasteiger partial charge is 0.302 e. The van der Waals surface area contributed by atoms with Crippen molar-refractivity contribution in [1.29, 1.82) is 0 Å². The van der Waals surface area contributed by atoms with Crippen LogP contribution in [0, 0.1) is 23.7 Å². The fourth-order valence-corrected chi connectivity index (χ4v) is 5.08. The standard InChI is InChI=1S/C11H18O3S/c1-7-10-3-8-2-9(4-10)6-11(7,5-8)14-15(12)13/h7-10H,2-6H2,1H3,(H,12,13). The Morgan fingerprint density at radius 2 is 1.87 bits per heavy atom. The molecule has 4 bridgehead atoms. The summed E-state index contributed by atoms with van der Waals surface area (Å²) in [5.74, 6) is 2.70. The summed E-state index contributed by atoms with van der Waals surface area (Å²) in [6, 6.07) is 0. The maximum absolute atomic E-state index is 10.9. The summed E-state index contributed by atoms with van der Waals surface area (Å²) < 4.78 is 25.3. The lowest BCUT2D eigenvalue weighted by Gasteiger charge is -2.59. The molecule has 3 nitrogen and oxygen atoms in total. The summed E-state index contributed by atoms with van der Waals surface area (Å²) in [5, 5.41) is 0. The molecule has 0 aliphatic heterocycles. The Labute approximate surface area is 93.1 Å². The molecule has 4 fully saturated rings. The van der Waals surface area contributed by atoms with Crippen molar-refractivity contribution >= 4 is 11.4 Å². The SMILES string of the molecule is CC1C2CC3CC(C2)CC1(OS(=O)O)C3. The minimum Gasteiger partial charge on any atom is -0.284 e. The molecule has 4 rings (SSSR count). The van der Waals surface area contributed by atoms with E-state index in [0.717, 1.165) is 30.6 Å². The van der Waals surface area contributed by atoms with Gasteiger partial charge in [-0.2, -0.15) is 4.21 Å². The van der Waals surface area contributed by atoms with Crippen molar-refractivity contribution in [2.45, 2.75) is 44.6 Å². The Hall–Kier alpha value is 0.0700. The van der Waals surface area contributed by atoms with E-state index in [1.54, 1.807) is 0 Å². The zero-order chi connectivity index (χ0) is 10.6. The summed E-state index contributed by atoms with van der Waals surface area (Å²) in [4.78, 5) is 0. The van der Waals surface area contributed by atoms with Crippen LogP contribution in [0.1, 0.15) is 39.0 Å². The summed E-state index contributed by atoms with van der Waals surface area (Å²) in [6.45, 7) is 2.20. The quantitative estimate of drug-likeness (QED) is 0.741. The van der Waals surface area contributed by atoms with E-state index in [4.69, 9.17) is 8.74 Å². The molecule has 0 spiro atoms. The van der Waals surface area contributed by atoms with Crippen molar-refractivity contribution < 1.29 is 12.9 Å². The Morgan fingerprint density at radius 3 is 2.40 bits per heavy atom. The molecule has 0 aromatic carbocycles. The molecule has 0 aromatic rings. The second-order valence-corrected chi connectivity index (χ2v) is 6.36. The normalized spacial score (nSPS) is 54.5. The second kappa shape index (κ2) is 3.28. The Kier molecular flexibility index (Phi) is 2.24. The summed E-state index contributed by atoms with van der Waals surface area (Å²) in [7, 11) is 0. The lowest BCUT2D eigenvalue weighted by molar-refractivity contribution is -0.146. The lowest BCUT2D eigenvalue weighted by atomic mass is 9.50. The molecule has 4 atom stereocenters. The topological polar surface area (TPSA) is 46.5 Å². The zero-order valence-electron chi connectivity index (χ0n) is 9.02. The van der Waals surface area contributed by atoms with Crippen molar-refractivity contribution in [3.05, 3.63) is 0 Å². The maximum Gasteiger partial charge on any atom is 0.302 e. The minimum absolute atomic E-state index is 0.269. The Balaban J connectivity index is 1.90. The second-order valence-electron chi connectivity index (χ2n) is 5.76. The molecule has 15 heavy (non-hydrogen) atoms. The van der Waals surface area contributed by atoms with Crippen LogP contribution in [-0.2, 0) is 15.5 Å². The molecule has 1 N–H and O–H groups in total. The van der Waals surface area contributed by atoms with E-state index >= 15 is 0 Å². The van der Waals surface area contributed by atoms with E-state index in [0.29, 0.717) is 5.92 Å². The molecule has 0 aromatic heterocycles. The van der Waals surface area contributed by atoms with Crippen molar-refractivity contribution in [3.8, 4) is 0 Å².